The van der Waals surface area contributed by atoms with E-state index in [4.69, 9.17) is 9.47 Å². The van der Waals surface area contributed by atoms with Gasteiger partial charge >= 0.3 is 214 Å². The van der Waals surface area contributed by atoms with Gasteiger partial charge in [0.05, 0.1) is 0 Å². The Morgan fingerprint density at radius 2 is 1.06 bits per heavy atom. The van der Waals surface area contributed by atoms with Gasteiger partial charge in [0, 0.05) is 0 Å². The molecule has 4 rings (SSSR count). The van der Waals surface area contributed by atoms with Gasteiger partial charge < -0.3 is 0 Å². The van der Waals surface area contributed by atoms with Gasteiger partial charge in [-0.2, -0.15) is 0 Å². The summed E-state index contributed by atoms with van der Waals surface area (Å²) in [5.74, 6) is 0. The van der Waals surface area contributed by atoms with E-state index in [-0.39, 0.29) is 0 Å². The molecule has 2 aromatic heterocycles. The second kappa shape index (κ2) is 13.1. The number of rotatable bonds is 10. The normalized spacial score (nSPS) is 11.3. The minimum atomic E-state index is -0.614. The van der Waals surface area contributed by atoms with Crippen LogP contribution in [0, 0.1) is 0 Å². The number of hydrogen-bond donors (Lipinski definition) is 0. The number of carbonyl (C=O) groups excluding carboxylic acids is 1. The van der Waals surface area contributed by atoms with Gasteiger partial charge in [0.15, 0.2) is 0 Å². The summed E-state index contributed by atoms with van der Waals surface area (Å²) in [7, 11) is 0. The molecule has 2 heterocycles. The van der Waals surface area contributed by atoms with Gasteiger partial charge in [-0.05, 0) is 0 Å². The van der Waals surface area contributed by atoms with Gasteiger partial charge in [-0.15, -0.1) is 0 Å². The summed E-state index contributed by atoms with van der Waals surface area (Å²) < 4.78 is 15.6. The number of benzene rings is 2. The molecule has 0 fully saturated rings. The standard InChI is InChI=1S/C27H26As2N2O3/c32-27(33-19-15-21-9-1-3-11-23(21)28-25-13-5-7-17-30-25)34-20-16-22-10-2-4-12-24(22)29-26-14-6-8-18-31-26/h1-14,17-18,28-29H,15-16,19-20H2. The van der Waals surface area contributed by atoms with E-state index in [1.165, 1.54) is 19.8 Å². The molecule has 172 valence electrons. The van der Waals surface area contributed by atoms with Crippen LogP contribution in [0.5, 0.6) is 0 Å². The van der Waals surface area contributed by atoms with Gasteiger partial charge in [0.1, 0.15) is 0 Å². The number of carbonyl (C=O) groups is 1. The van der Waals surface area contributed by atoms with Crippen molar-refractivity contribution < 1.29 is 14.3 Å². The zero-order valence-electron chi connectivity index (χ0n) is 18.7. The van der Waals surface area contributed by atoms with E-state index in [2.05, 4.69) is 58.5 Å². The van der Waals surface area contributed by atoms with Crippen molar-refractivity contribution in [1.82, 2.24) is 9.97 Å². The van der Waals surface area contributed by atoms with Gasteiger partial charge in [-0.1, -0.05) is 0 Å². The third kappa shape index (κ3) is 7.58. The third-order valence-electron chi connectivity index (χ3n) is 5.07. The van der Waals surface area contributed by atoms with Crippen LogP contribution in [0.4, 0.5) is 4.79 Å². The predicted molar refractivity (Wildman–Crippen MR) is 139 cm³/mol. The maximum absolute atomic E-state index is 12.1. The first-order valence-corrected chi connectivity index (χ1v) is 15.3. The Morgan fingerprint density at radius 3 is 1.50 bits per heavy atom. The fourth-order valence-corrected chi connectivity index (χ4v) is 8.20. The molecule has 0 saturated heterocycles. The molecule has 0 aliphatic rings. The van der Waals surface area contributed by atoms with Crippen LogP contribution >= 0.6 is 0 Å². The molecular weight excluding hydrogens is 550 g/mol. The van der Waals surface area contributed by atoms with Crippen LogP contribution in [0.2, 0.25) is 0 Å². The van der Waals surface area contributed by atoms with Crippen LogP contribution in [0.1, 0.15) is 11.1 Å². The van der Waals surface area contributed by atoms with Crippen LogP contribution in [-0.2, 0) is 22.3 Å². The van der Waals surface area contributed by atoms with Crippen LogP contribution in [0.25, 0.3) is 0 Å². The number of nitrogens with zero attached hydrogens (tertiary/aromatic N) is 2. The van der Waals surface area contributed by atoms with E-state index in [9.17, 15) is 4.79 Å². The molecule has 0 aliphatic carbocycles. The monoisotopic (exact) mass is 576 g/mol. The molecule has 0 spiro atoms. The van der Waals surface area contributed by atoms with E-state index in [1.54, 1.807) is 0 Å². The maximum atomic E-state index is 12.1. The fraction of sp³-hybridized carbons (Fsp3) is 0.148. The van der Waals surface area contributed by atoms with Crippen molar-refractivity contribution in [3.63, 3.8) is 0 Å². The Morgan fingerprint density at radius 1 is 0.618 bits per heavy atom. The first-order valence-electron chi connectivity index (χ1n) is 11.1. The van der Waals surface area contributed by atoms with Gasteiger partial charge in [0.25, 0.3) is 0 Å². The van der Waals surface area contributed by atoms with Gasteiger partial charge in [0.2, 0.25) is 0 Å². The number of hydrogen-bond acceptors (Lipinski definition) is 5. The summed E-state index contributed by atoms with van der Waals surface area (Å²) in [6.07, 6.45) is 4.38. The molecule has 0 amide bonds. The average Bonchev–Trinajstić information content (AvgIpc) is 2.87. The zero-order valence-corrected chi connectivity index (χ0v) is 22.9. The first kappa shape index (κ1) is 24.3. The van der Waals surface area contributed by atoms with Crippen LogP contribution in [0.3, 0.4) is 0 Å². The summed E-state index contributed by atoms with van der Waals surface area (Å²) in [5, 5.41) is 0. The molecule has 0 bridgehead atoms. The van der Waals surface area contributed by atoms with Crippen molar-refractivity contribution in [2.45, 2.75) is 12.8 Å². The minimum absolute atomic E-state index is 0.298. The van der Waals surface area contributed by atoms with E-state index >= 15 is 0 Å². The van der Waals surface area contributed by atoms with E-state index in [0.717, 1.165) is 8.96 Å². The zero-order chi connectivity index (χ0) is 23.4. The SMILES string of the molecule is O=C(OCCc1ccccc1[AsH]c1ccccn1)OCCc1ccccc1[AsH]c1ccccn1. The second-order valence-electron chi connectivity index (χ2n) is 7.44. The Hall–Kier alpha value is -2.87. The van der Waals surface area contributed by atoms with Crippen molar-refractivity contribution >= 4 is 55.3 Å². The number of pyridine rings is 2. The topological polar surface area (TPSA) is 61.3 Å². The molecule has 34 heavy (non-hydrogen) atoms. The molecule has 2 aromatic carbocycles. The molecule has 7 heteroatoms. The summed E-state index contributed by atoms with van der Waals surface area (Å²) in [6, 6.07) is 28.7. The predicted octanol–water partition coefficient (Wildman–Crippen LogP) is 1.19. The van der Waals surface area contributed by atoms with Crippen LogP contribution in [0.15, 0.2) is 97.3 Å². The molecule has 0 saturated carbocycles. The molecule has 0 N–H and O–H groups in total. The molecule has 0 aliphatic heterocycles. The van der Waals surface area contributed by atoms with Crippen molar-refractivity contribution in [1.29, 1.82) is 0 Å². The quantitative estimate of drug-likeness (QED) is 0.210. The van der Waals surface area contributed by atoms with Crippen molar-refractivity contribution in [3.05, 3.63) is 108 Å². The molecule has 5 nitrogen and oxygen atoms in total. The summed E-state index contributed by atoms with van der Waals surface area (Å²) in [4.78, 5) is 21.0. The van der Waals surface area contributed by atoms with Gasteiger partial charge in [-0.3, -0.25) is 0 Å². The number of aromatic nitrogens is 2. The van der Waals surface area contributed by atoms with Crippen LogP contribution in [-0.4, -0.2) is 60.8 Å². The second-order valence-corrected chi connectivity index (χ2v) is 12.9. The summed E-state index contributed by atoms with van der Waals surface area (Å²) in [5.41, 5.74) is 2.41. The Balaban J connectivity index is 1.23. The summed E-state index contributed by atoms with van der Waals surface area (Å²) >= 11 is -1.04. The molecular formula is C27H26As2N2O3. The van der Waals surface area contributed by atoms with E-state index < -0.39 is 37.7 Å². The van der Waals surface area contributed by atoms with Crippen LogP contribution < -0.4 is 17.7 Å². The third-order valence-corrected chi connectivity index (χ3v) is 10.6. The molecule has 2 atom stereocenters. The fourth-order valence-electron chi connectivity index (χ4n) is 3.40. The van der Waals surface area contributed by atoms with E-state index in [1.807, 2.05) is 48.8 Å². The van der Waals surface area contributed by atoms with Gasteiger partial charge in [-0.25, -0.2) is 0 Å². The van der Waals surface area contributed by atoms with E-state index in [0.29, 0.717) is 26.1 Å². The summed E-state index contributed by atoms with van der Waals surface area (Å²) in [6.45, 7) is 0.597. The molecule has 4 aromatic rings. The average molecular weight is 576 g/mol. The molecule has 0 radical (unpaired) electrons. The van der Waals surface area contributed by atoms with Crippen molar-refractivity contribution in [3.8, 4) is 0 Å². The Labute approximate surface area is 213 Å². The Kier molecular flexibility index (Phi) is 9.36. The number of ether oxygens (including phenoxy) is 2. The van der Waals surface area contributed by atoms with Crippen molar-refractivity contribution in [2.24, 2.45) is 0 Å². The molecule has 2 unspecified atom stereocenters. The van der Waals surface area contributed by atoms with Crippen molar-refractivity contribution in [2.75, 3.05) is 13.2 Å². The first-order chi connectivity index (χ1) is 16.8. The Bertz CT molecular complexity index is 1100.